The van der Waals surface area contributed by atoms with Gasteiger partial charge in [-0.05, 0) is 58.7 Å². The van der Waals surface area contributed by atoms with Crippen LogP contribution >= 0.6 is 11.3 Å². The van der Waals surface area contributed by atoms with Crippen LogP contribution in [0.3, 0.4) is 0 Å². The smallest absolute Gasteiger partial charge is 0.348 e. The number of piperidine rings is 1. The number of nitrogens with one attached hydrogen (secondary N) is 2. The van der Waals surface area contributed by atoms with Crippen LogP contribution in [0.4, 0.5) is 0 Å². The van der Waals surface area contributed by atoms with Crippen molar-refractivity contribution < 1.29 is 19.1 Å². The summed E-state index contributed by atoms with van der Waals surface area (Å²) in [6.45, 7) is 8.53. The van der Waals surface area contributed by atoms with Gasteiger partial charge < -0.3 is 19.8 Å². The standard InChI is InChI=1S/C22H32N4O5S/c1-5-31-22(29)17-13(2)16-20(28)24-18(25-21(16)32-17)14(3)26-10-7-15(8-11-26)19(27)23-9-6-12-30-4/h14-15H,5-12H2,1-4H3,(H,23,27)(H,24,25,28). The van der Waals surface area contributed by atoms with Gasteiger partial charge in [0.2, 0.25) is 5.91 Å². The molecule has 1 fully saturated rings. The van der Waals surface area contributed by atoms with E-state index in [0.29, 0.717) is 39.6 Å². The van der Waals surface area contributed by atoms with Gasteiger partial charge in [0, 0.05) is 26.2 Å². The highest BCUT2D eigenvalue weighted by Gasteiger charge is 2.29. The van der Waals surface area contributed by atoms with Crippen molar-refractivity contribution in [1.29, 1.82) is 0 Å². The Kier molecular flexibility index (Phi) is 8.38. The molecule has 3 rings (SSSR count). The number of thiophene rings is 1. The predicted molar refractivity (Wildman–Crippen MR) is 123 cm³/mol. The lowest BCUT2D eigenvalue weighted by Crippen LogP contribution is -2.42. The van der Waals surface area contributed by atoms with Crippen LogP contribution in [0, 0.1) is 12.8 Å². The maximum absolute atomic E-state index is 12.8. The van der Waals surface area contributed by atoms with Gasteiger partial charge in [0.1, 0.15) is 15.5 Å². The summed E-state index contributed by atoms with van der Waals surface area (Å²) in [5.41, 5.74) is 0.361. The number of aromatic nitrogens is 2. The van der Waals surface area contributed by atoms with Crippen molar-refractivity contribution in [3.63, 3.8) is 0 Å². The van der Waals surface area contributed by atoms with E-state index in [1.165, 1.54) is 11.3 Å². The highest BCUT2D eigenvalue weighted by atomic mass is 32.1. The summed E-state index contributed by atoms with van der Waals surface area (Å²) >= 11 is 1.19. The van der Waals surface area contributed by atoms with E-state index in [1.807, 2.05) is 6.92 Å². The molecule has 0 spiro atoms. The maximum atomic E-state index is 12.8. The molecule has 0 bridgehead atoms. The summed E-state index contributed by atoms with van der Waals surface area (Å²) in [6, 6.07) is -0.105. The van der Waals surface area contributed by atoms with Crippen LogP contribution in [0.5, 0.6) is 0 Å². The number of ether oxygens (including phenoxy) is 2. The van der Waals surface area contributed by atoms with Crippen molar-refractivity contribution in [1.82, 2.24) is 20.2 Å². The SMILES string of the molecule is CCOC(=O)c1sc2nc(C(C)N3CCC(C(=O)NCCCOC)CC3)[nH]c(=O)c2c1C. The average Bonchev–Trinajstić information content (AvgIpc) is 3.13. The summed E-state index contributed by atoms with van der Waals surface area (Å²) < 4.78 is 10.1. The third-order valence-electron chi connectivity index (χ3n) is 5.95. The number of rotatable bonds is 9. The van der Waals surface area contributed by atoms with E-state index < -0.39 is 5.97 Å². The number of aryl methyl sites for hydroxylation is 1. The van der Waals surface area contributed by atoms with Gasteiger partial charge in [0.15, 0.2) is 0 Å². The fourth-order valence-corrected chi connectivity index (χ4v) is 5.13. The number of hydrogen-bond acceptors (Lipinski definition) is 8. The number of aromatic amines is 1. The lowest BCUT2D eigenvalue weighted by molar-refractivity contribution is -0.126. The van der Waals surface area contributed by atoms with Crippen molar-refractivity contribution >= 4 is 33.4 Å². The molecule has 2 aromatic rings. The molecule has 1 amide bonds. The second-order valence-corrected chi connectivity index (χ2v) is 9.03. The number of fused-ring (bicyclic) bond motifs is 1. The topological polar surface area (TPSA) is 114 Å². The zero-order valence-electron chi connectivity index (χ0n) is 19.2. The molecule has 32 heavy (non-hydrogen) atoms. The van der Waals surface area contributed by atoms with Crippen molar-refractivity contribution in [3.8, 4) is 0 Å². The van der Waals surface area contributed by atoms with Gasteiger partial charge in [-0.1, -0.05) is 0 Å². The zero-order chi connectivity index (χ0) is 23.3. The van der Waals surface area contributed by atoms with Crippen LogP contribution in [-0.2, 0) is 14.3 Å². The Morgan fingerprint density at radius 2 is 2.06 bits per heavy atom. The summed E-state index contributed by atoms with van der Waals surface area (Å²) in [4.78, 5) is 48.1. The van der Waals surface area contributed by atoms with Crippen molar-refractivity contribution in [2.45, 2.75) is 46.1 Å². The molecule has 0 aromatic carbocycles. The Hall–Kier alpha value is -2.30. The van der Waals surface area contributed by atoms with E-state index in [0.717, 1.165) is 32.4 Å². The largest absolute Gasteiger partial charge is 0.462 e. The lowest BCUT2D eigenvalue weighted by atomic mass is 9.95. The number of nitrogens with zero attached hydrogens (tertiary/aromatic N) is 2. The molecule has 9 nitrogen and oxygen atoms in total. The molecule has 1 atom stereocenters. The van der Waals surface area contributed by atoms with Crippen LogP contribution in [0.2, 0.25) is 0 Å². The van der Waals surface area contributed by atoms with E-state index in [4.69, 9.17) is 9.47 Å². The quantitative estimate of drug-likeness (QED) is 0.433. The monoisotopic (exact) mass is 464 g/mol. The molecule has 176 valence electrons. The minimum absolute atomic E-state index is 0.00238. The Labute approximate surface area is 191 Å². The second kappa shape index (κ2) is 11.0. The summed E-state index contributed by atoms with van der Waals surface area (Å²) in [7, 11) is 1.65. The van der Waals surface area contributed by atoms with Gasteiger partial charge in [-0.2, -0.15) is 0 Å². The van der Waals surface area contributed by atoms with E-state index in [1.54, 1.807) is 21.0 Å². The first-order chi connectivity index (χ1) is 15.4. The van der Waals surface area contributed by atoms with Gasteiger partial charge in [0.25, 0.3) is 5.56 Å². The molecule has 1 aliphatic rings. The van der Waals surface area contributed by atoms with Gasteiger partial charge in [-0.15, -0.1) is 11.3 Å². The molecule has 1 aliphatic heterocycles. The third-order valence-corrected chi connectivity index (χ3v) is 7.11. The Morgan fingerprint density at radius 3 is 2.72 bits per heavy atom. The van der Waals surface area contributed by atoms with Crippen LogP contribution in [0.25, 0.3) is 10.2 Å². The Bertz CT molecular complexity index is 1010. The number of likely N-dealkylation sites (tertiary alicyclic amines) is 1. The normalized spacial score (nSPS) is 16.2. The number of esters is 1. The Morgan fingerprint density at radius 1 is 1.34 bits per heavy atom. The molecule has 2 aromatic heterocycles. The van der Waals surface area contributed by atoms with Crippen molar-refractivity contribution in [2.24, 2.45) is 5.92 Å². The molecular formula is C22H32N4O5S. The number of carbonyl (C=O) groups is 2. The first-order valence-electron chi connectivity index (χ1n) is 11.1. The molecule has 10 heteroatoms. The van der Waals surface area contributed by atoms with Gasteiger partial charge in [-0.3, -0.25) is 14.5 Å². The molecule has 2 N–H and O–H groups in total. The molecular weight excluding hydrogens is 432 g/mol. The first-order valence-corrected chi connectivity index (χ1v) is 11.9. The zero-order valence-corrected chi connectivity index (χ0v) is 20.0. The van der Waals surface area contributed by atoms with Crippen LogP contribution in [-0.4, -0.2) is 66.7 Å². The van der Waals surface area contributed by atoms with E-state index in [9.17, 15) is 14.4 Å². The Balaban J connectivity index is 1.67. The summed E-state index contributed by atoms with van der Waals surface area (Å²) in [5, 5.41) is 3.42. The fraction of sp³-hybridized carbons (Fsp3) is 0.636. The highest BCUT2D eigenvalue weighted by molar-refractivity contribution is 7.20. The minimum Gasteiger partial charge on any atom is -0.462 e. The summed E-state index contributed by atoms with van der Waals surface area (Å²) in [6.07, 6.45) is 2.33. The van der Waals surface area contributed by atoms with Crippen LogP contribution in [0.15, 0.2) is 4.79 Å². The first kappa shape index (κ1) is 24.3. The molecule has 0 radical (unpaired) electrons. The fourth-order valence-electron chi connectivity index (χ4n) is 4.04. The van der Waals surface area contributed by atoms with Gasteiger partial charge in [0.05, 0.1) is 18.0 Å². The maximum Gasteiger partial charge on any atom is 0.348 e. The van der Waals surface area contributed by atoms with Gasteiger partial charge in [-0.25, -0.2) is 9.78 Å². The van der Waals surface area contributed by atoms with Crippen molar-refractivity contribution in [2.75, 3.05) is 40.0 Å². The number of hydrogen-bond donors (Lipinski definition) is 2. The van der Waals surface area contributed by atoms with Crippen LogP contribution < -0.4 is 10.9 Å². The molecule has 3 heterocycles. The van der Waals surface area contributed by atoms with Crippen LogP contribution in [0.1, 0.15) is 60.2 Å². The van der Waals surface area contributed by atoms with E-state index >= 15 is 0 Å². The number of H-pyrrole nitrogens is 1. The average molecular weight is 465 g/mol. The van der Waals surface area contributed by atoms with Crippen molar-refractivity contribution in [3.05, 3.63) is 26.6 Å². The number of amides is 1. The number of carbonyl (C=O) groups excluding carboxylic acids is 2. The van der Waals surface area contributed by atoms with Gasteiger partial charge >= 0.3 is 5.97 Å². The minimum atomic E-state index is -0.426. The number of methoxy groups -OCH3 is 1. The third kappa shape index (κ3) is 5.36. The molecule has 1 saturated heterocycles. The summed E-state index contributed by atoms with van der Waals surface area (Å²) in [5.74, 6) is 0.246. The van der Waals surface area contributed by atoms with E-state index in [2.05, 4.69) is 20.2 Å². The van der Waals surface area contributed by atoms with E-state index in [-0.39, 0.29) is 30.0 Å². The second-order valence-electron chi connectivity index (χ2n) is 8.03. The highest BCUT2D eigenvalue weighted by Crippen LogP contribution is 2.30. The lowest BCUT2D eigenvalue weighted by Gasteiger charge is -2.35. The molecule has 1 unspecified atom stereocenters. The molecule has 0 aliphatic carbocycles. The predicted octanol–water partition coefficient (Wildman–Crippen LogP) is 2.40. The molecule has 0 saturated carbocycles.